The van der Waals surface area contributed by atoms with E-state index in [0.717, 1.165) is 54.8 Å². The number of halogens is 1. The Kier molecular flexibility index (Phi) is 7.90. The number of fused-ring (bicyclic) bond motifs is 5. The standard InChI is InChI=1S/C34H49ClO2/c1-22(2)9-8-10-23(3)28-15-16-29-26-14-13-24-21-25(37-32(36)27-11-6-7-12-31(27)35)17-19-33(24,4)30(26)18-20-34(28,29)5/h6-7,11-13,22-23,25-26,28-30H,8-10,14-21H2,1-5H3/t23-,25-,26+,28+,29-,30+,33-,34+/m0/s1. The second kappa shape index (κ2) is 10.7. The van der Waals surface area contributed by atoms with Gasteiger partial charge in [0.25, 0.3) is 0 Å². The highest BCUT2D eigenvalue weighted by Crippen LogP contribution is 2.67. The number of esters is 1. The topological polar surface area (TPSA) is 26.3 Å². The lowest BCUT2D eigenvalue weighted by atomic mass is 9.47. The van der Waals surface area contributed by atoms with Gasteiger partial charge in [-0.3, -0.25) is 0 Å². The highest BCUT2D eigenvalue weighted by molar-refractivity contribution is 6.33. The summed E-state index contributed by atoms with van der Waals surface area (Å²) in [6.07, 6.45) is 16.6. The predicted molar refractivity (Wildman–Crippen MR) is 154 cm³/mol. The van der Waals surface area contributed by atoms with Gasteiger partial charge in [0.2, 0.25) is 0 Å². The summed E-state index contributed by atoms with van der Waals surface area (Å²) in [7, 11) is 0. The fraction of sp³-hybridized carbons (Fsp3) is 0.735. The molecule has 37 heavy (non-hydrogen) atoms. The van der Waals surface area contributed by atoms with Crippen molar-refractivity contribution >= 4 is 17.6 Å². The molecule has 0 amide bonds. The minimum atomic E-state index is -0.276. The molecule has 4 aliphatic rings. The van der Waals surface area contributed by atoms with Gasteiger partial charge in [0.1, 0.15) is 6.10 Å². The van der Waals surface area contributed by atoms with Crippen molar-refractivity contribution in [2.24, 2.45) is 46.3 Å². The van der Waals surface area contributed by atoms with Gasteiger partial charge in [0.05, 0.1) is 10.6 Å². The maximum Gasteiger partial charge on any atom is 0.339 e. The molecule has 0 bridgehead atoms. The van der Waals surface area contributed by atoms with E-state index in [4.69, 9.17) is 16.3 Å². The molecule has 2 nitrogen and oxygen atoms in total. The van der Waals surface area contributed by atoms with Gasteiger partial charge in [-0.25, -0.2) is 4.79 Å². The first-order valence-electron chi connectivity index (χ1n) is 15.3. The van der Waals surface area contributed by atoms with Crippen molar-refractivity contribution in [2.75, 3.05) is 0 Å². The number of ether oxygens (including phenoxy) is 1. The van der Waals surface area contributed by atoms with Crippen LogP contribution >= 0.6 is 11.6 Å². The number of carbonyl (C=O) groups excluding carboxylic acids is 1. The Bertz CT molecular complexity index is 1010. The van der Waals surface area contributed by atoms with Gasteiger partial charge < -0.3 is 4.74 Å². The third-order valence-electron chi connectivity index (χ3n) is 11.6. The SMILES string of the molecule is CC(C)CCC[C@H](C)[C@H]1CC[C@H]2[C@H]3CC=C4C[C@@H](OC(=O)c5ccccc5Cl)CC[C@]4(C)[C@@H]3CC[C@]12C. The zero-order valence-corrected chi connectivity index (χ0v) is 24.7. The van der Waals surface area contributed by atoms with Gasteiger partial charge in [0.15, 0.2) is 0 Å². The summed E-state index contributed by atoms with van der Waals surface area (Å²) in [5, 5.41) is 0.474. The number of hydrogen-bond acceptors (Lipinski definition) is 2. The Hall–Kier alpha value is -1.28. The molecular formula is C34H49ClO2. The number of benzene rings is 1. The van der Waals surface area contributed by atoms with Crippen LogP contribution in [0.1, 0.15) is 116 Å². The summed E-state index contributed by atoms with van der Waals surface area (Å²) in [6, 6.07) is 7.22. The number of rotatable bonds is 7. The fourth-order valence-electron chi connectivity index (χ4n) is 9.59. The Balaban J connectivity index is 1.26. The van der Waals surface area contributed by atoms with Gasteiger partial charge in [-0.15, -0.1) is 0 Å². The summed E-state index contributed by atoms with van der Waals surface area (Å²) < 4.78 is 6.00. The first kappa shape index (κ1) is 27.3. The van der Waals surface area contributed by atoms with Crippen LogP contribution in [-0.4, -0.2) is 12.1 Å². The molecule has 1 aromatic carbocycles. The van der Waals surface area contributed by atoms with Crippen LogP contribution in [0.25, 0.3) is 0 Å². The van der Waals surface area contributed by atoms with Crippen LogP contribution in [0.4, 0.5) is 0 Å². The Morgan fingerprint density at radius 3 is 2.57 bits per heavy atom. The molecule has 3 saturated carbocycles. The van der Waals surface area contributed by atoms with Gasteiger partial charge in [-0.1, -0.05) is 89.3 Å². The molecule has 0 spiro atoms. The van der Waals surface area contributed by atoms with Crippen molar-refractivity contribution < 1.29 is 9.53 Å². The molecule has 0 saturated heterocycles. The average molecular weight is 525 g/mol. The minimum Gasteiger partial charge on any atom is -0.458 e. The molecule has 1 aromatic rings. The third-order valence-corrected chi connectivity index (χ3v) is 12.0. The minimum absolute atomic E-state index is 0.0314. The van der Waals surface area contributed by atoms with Crippen LogP contribution in [0.15, 0.2) is 35.9 Å². The number of hydrogen-bond donors (Lipinski definition) is 0. The van der Waals surface area contributed by atoms with E-state index in [2.05, 4.69) is 40.7 Å². The highest BCUT2D eigenvalue weighted by atomic mass is 35.5. The average Bonchev–Trinajstić information content (AvgIpc) is 3.21. The Labute approximate surface area is 231 Å². The second-order valence-corrected chi connectivity index (χ2v) is 14.4. The van der Waals surface area contributed by atoms with Crippen molar-refractivity contribution in [3.05, 3.63) is 46.5 Å². The molecule has 0 heterocycles. The van der Waals surface area contributed by atoms with Crippen molar-refractivity contribution in [3.8, 4) is 0 Å². The molecule has 0 unspecified atom stereocenters. The van der Waals surface area contributed by atoms with Crippen molar-refractivity contribution in [3.63, 3.8) is 0 Å². The zero-order chi connectivity index (χ0) is 26.4. The van der Waals surface area contributed by atoms with E-state index in [0.29, 0.717) is 16.0 Å². The lowest BCUT2D eigenvalue weighted by molar-refractivity contribution is -0.0594. The first-order valence-corrected chi connectivity index (χ1v) is 15.7. The summed E-state index contributed by atoms with van der Waals surface area (Å²) in [6.45, 7) is 12.5. The number of carbonyl (C=O) groups is 1. The monoisotopic (exact) mass is 524 g/mol. The predicted octanol–water partition coefficient (Wildman–Crippen LogP) is 9.91. The van der Waals surface area contributed by atoms with Crippen molar-refractivity contribution in [2.45, 2.75) is 111 Å². The lowest BCUT2D eigenvalue weighted by Crippen LogP contribution is -2.51. The van der Waals surface area contributed by atoms with Crippen molar-refractivity contribution in [1.82, 2.24) is 0 Å². The molecule has 0 aromatic heterocycles. The molecule has 8 atom stereocenters. The maximum absolute atomic E-state index is 12.8. The molecule has 3 heteroatoms. The molecule has 0 radical (unpaired) electrons. The highest BCUT2D eigenvalue weighted by Gasteiger charge is 2.59. The Morgan fingerprint density at radius 1 is 1.03 bits per heavy atom. The van der Waals surface area contributed by atoms with E-state index in [1.165, 1.54) is 51.4 Å². The smallest absolute Gasteiger partial charge is 0.339 e. The van der Waals surface area contributed by atoms with Crippen molar-refractivity contribution in [1.29, 1.82) is 0 Å². The summed E-state index contributed by atoms with van der Waals surface area (Å²) >= 11 is 6.26. The Morgan fingerprint density at radius 2 is 1.81 bits per heavy atom. The first-order chi connectivity index (χ1) is 17.6. The van der Waals surface area contributed by atoms with E-state index in [-0.39, 0.29) is 17.5 Å². The van der Waals surface area contributed by atoms with Crippen LogP contribution < -0.4 is 0 Å². The molecule has 0 aliphatic heterocycles. The quantitative estimate of drug-likeness (QED) is 0.262. The molecule has 204 valence electrons. The van der Waals surface area contributed by atoms with Crippen LogP contribution in [0, 0.1) is 46.3 Å². The van der Waals surface area contributed by atoms with E-state index >= 15 is 0 Å². The summed E-state index contributed by atoms with van der Waals surface area (Å²) in [5.41, 5.74) is 2.86. The number of allylic oxidation sites excluding steroid dienone is 1. The largest absolute Gasteiger partial charge is 0.458 e. The normalized spacial score (nSPS) is 37.8. The zero-order valence-electron chi connectivity index (χ0n) is 23.9. The van der Waals surface area contributed by atoms with Crippen LogP contribution in [0.3, 0.4) is 0 Å². The van der Waals surface area contributed by atoms with Gasteiger partial charge in [-0.2, -0.15) is 0 Å². The maximum atomic E-state index is 12.8. The van der Waals surface area contributed by atoms with Crippen LogP contribution in [-0.2, 0) is 4.74 Å². The summed E-state index contributed by atoms with van der Waals surface area (Å²) in [4.78, 5) is 12.8. The fourth-order valence-corrected chi connectivity index (χ4v) is 9.81. The van der Waals surface area contributed by atoms with E-state index in [1.54, 1.807) is 17.7 Å². The molecule has 4 aliphatic carbocycles. The third kappa shape index (κ3) is 5.06. The molecular weight excluding hydrogens is 476 g/mol. The van der Waals surface area contributed by atoms with Gasteiger partial charge in [0, 0.05) is 6.42 Å². The van der Waals surface area contributed by atoms with Crippen LogP contribution in [0.5, 0.6) is 0 Å². The van der Waals surface area contributed by atoms with Gasteiger partial charge >= 0.3 is 5.97 Å². The van der Waals surface area contributed by atoms with Gasteiger partial charge in [-0.05, 0) is 103 Å². The van der Waals surface area contributed by atoms with E-state index in [1.807, 2.05) is 12.1 Å². The lowest BCUT2D eigenvalue weighted by Gasteiger charge is -2.58. The molecule has 0 N–H and O–H groups in total. The van der Waals surface area contributed by atoms with Crippen LogP contribution in [0.2, 0.25) is 5.02 Å². The molecule has 3 fully saturated rings. The molecule has 5 rings (SSSR count). The summed E-state index contributed by atoms with van der Waals surface area (Å²) in [5.74, 6) is 4.83. The second-order valence-electron chi connectivity index (χ2n) is 14.0. The van der Waals surface area contributed by atoms with E-state index < -0.39 is 0 Å². The van der Waals surface area contributed by atoms with E-state index in [9.17, 15) is 4.79 Å².